The molecule has 1 aromatic carbocycles. The van der Waals surface area contributed by atoms with Gasteiger partial charge < -0.3 is 11.1 Å². The molecule has 88 valence electrons. The Hall–Kier alpha value is -0.930. The lowest BCUT2D eigenvalue weighted by Crippen LogP contribution is -2.46. The fourth-order valence-electron chi connectivity index (χ4n) is 2.31. The van der Waals surface area contributed by atoms with Crippen LogP contribution in [-0.4, -0.2) is 12.1 Å². The summed E-state index contributed by atoms with van der Waals surface area (Å²) in [5.41, 5.74) is 7.02. The minimum Gasteiger partial charge on any atom is -0.326 e. The molecular formula is C13H19FN2. The van der Waals surface area contributed by atoms with Gasteiger partial charge in [-0.1, -0.05) is 25.0 Å². The average molecular weight is 222 g/mol. The molecule has 0 bridgehead atoms. The number of nitrogens with one attached hydrogen (secondary N) is 1. The molecular weight excluding hydrogens is 203 g/mol. The predicted molar refractivity (Wildman–Crippen MR) is 63.5 cm³/mol. The zero-order valence-corrected chi connectivity index (χ0v) is 9.45. The number of hydrogen-bond donors (Lipinski definition) is 2. The van der Waals surface area contributed by atoms with E-state index in [2.05, 4.69) is 5.32 Å². The Balaban J connectivity index is 1.86. The van der Waals surface area contributed by atoms with Crippen LogP contribution < -0.4 is 11.1 Å². The van der Waals surface area contributed by atoms with Crippen LogP contribution in [0.25, 0.3) is 0 Å². The average Bonchev–Trinajstić information content (AvgIpc) is 2.28. The standard InChI is InChI=1S/C13H19FN2/c14-11-5-3-4-10(8-11)9-16-13-7-2-1-6-12(13)15/h3-5,8,12-13,16H,1-2,6-7,9,15H2/t12-,13+/m1/s1. The second-order valence-electron chi connectivity index (χ2n) is 4.57. The highest BCUT2D eigenvalue weighted by molar-refractivity contribution is 5.16. The van der Waals surface area contributed by atoms with Gasteiger partial charge in [-0.25, -0.2) is 4.39 Å². The number of hydrogen-bond acceptors (Lipinski definition) is 2. The lowest BCUT2D eigenvalue weighted by molar-refractivity contribution is 0.326. The van der Waals surface area contributed by atoms with Crippen LogP contribution in [0.2, 0.25) is 0 Å². The van der Waals surface area contributed by atoms with Crippen molar-refractivity contribution in [3.63, 3.8) is 0 Å². The summed E-state index contributed by atoms with van der Waals surface area (Å²) in [7, 11) is 0. The van der Waals surface area contributed by atoms with Crippen molar-refractivity contribution in [2.75, 3.05) is 0 Å². The molecule has 0 unspecified atom stereocenters. The van der Waals surface area contributed by atoms with Crippen molar-refractivity contribution in [2.45, 2.75) is 44.3 Å². The van der Waals surface area contributed by atoms with E-state index in [1.807, 2.05) is 6.07 Å². The summed E-state index contributed by atoms with van der Waals surface area (Å²) in [5.74, 6) is -0.174. The van der Waals surface area contributed by atoms with Gasteiger partial charge in [0.05, 0.1) is 0 Å². The number of halogens is 1. The fraction of sp³-hybridized carbons (Fsp3) is 0.538. The van der Waals surface area contributed by atoms with E-state index in [0.29, 0.717) is 12.6 Å². The Morgan fingerprint density at radius 1 is 1.31 bits per heavy atom. The largest absolute Gasteiger partial charge is 0.326 e. The molecule has 3 N–H and O–H groups in total. The molecule has 0 aromatic heterocycles. The van der Waals surface area contributed by atoms with Crippen molar-refractivity contribution in [2.24, 2.45) is 5.73 Å². The smallest absolute Gasteiger partial charge is 0.123 e. The maximum Gasteiger partial charge on any atom is 0.123 e. The molecule has 3 heteroatoms. The molecule has 1 aromatic rings. The minimum atomic E-state index is -0.174. The SMILES string of the molecule is N[C@@H]1CCCC[C@@H]1NCc1cccc(F)c1. The summed E-state index contributed by atoms with van der Waals surface area (Å²) >= 11 is 0. The third kappa shape index (κ3) is 3.03. The number of nitrogens with two attached hydrogens (primary N) is 1. The summed E-state index contributed by atoms with van der Waals surface area (Å²) in [5, 5.41) is 3.42. The highest BCUT2D eigenvalue weighted by Crippen LogP contribution is 2.17. The van der Waals surface area contributed by atoms with Crippen molar-refractivity contribution < 1.29 is 4.39 Å². The first kappa shape index (κ1) is 11.6. The Bertz CT molecular complexity index is 340. The monoisotopic (exact) mass is 222 g/mol. The molecule has 0 heterocycles. The predicted octanol–water partition coefficient (Wildman–Crippen LogP) is 2.19. The normalized spacial score (nSPS) is 25.6. The van der Waals surface area contributed by atoms with E-state index in [4.69, 9.17) is 5.73 Å². The summed E-state index contributed by atoms with van der Waals surface area (Å²) in [6, 6.07) is 7.36. The molecule has 0 aliphatic heterocycles. The van der Waals surface area contributed by atoms with E-state index in [0.717, 1.165) is 18.4 Å². The number of rotatable bonds is 3. The van der Waals surface area contributed by atoms with Crippen LogP contribution >= 0.6 is 0 Å². The van der Waals surface area contributed by atoms with Gasteiger partial charge in [0.25, 0.3) is 0 Å². The lowest BCUT2D eigenvalue weighted by Gasteiger charge is -2.29. The Kier molecular flexibility index (Phi) is 3.91. The van der Waals surface area contributed by atoms with Gasteiger partial charge in [-0.15, -0.1) is 0 Å². The van der Waals surface area contributed by atoms with Gasteiger partial charge in [-0.2, -0.15) is 0 Å². The Labute approximate surface area is 96.0 Å². The first-order valence-corrected chi connectivity index (χ1v) is 5.99. The molecule has 0 amide bonds. The van der Waals surface area contributed by atoms with Crippen molar-refractivity contribution in [3.05, 3.63) is 35.6 Å². The Morgan fingerprint density at radius 2 is 2.12 bits per heavy atom. The maximum absolute atomic E-state index is 13.0. The van der Waals surface area contributed by atoms with Crippen LogP contribution in [-0.2, 0) is 6.54 Å². The third-order valence-corrected chi connectivity index (χ3v) is 3.28. The summed E-state index contributed by atoms with van der Waals surface area (Å²) in [6.07, 6.45) is 4.71. The van der Waals surface area contributed by atoms with Gasteiger partial charge in [0.2, 0.25) is 0 Å². The number of benzene rings is 1. The van der Waals surface area contributed by atoms with Gasteiger partial charge in [0.1, 0.15) is 5.82 Å². The summed E-state index contributed by atoms with van der Waals surface area (Å²) in [4.78, 5) is 0. The molecule has 1 aliphatic carbocycles. The Morgan fingerprint density at radius 3 is 2.88 bits per heavy atom. The zero-order chi connectivity index (χ0) is 11.4. The first-order valence-electron chi connectivity index (χ1n) is 5.99. The molecule has 0 saturated heterocycles. The van der Waals surface area contributed by atoms with E-state index in [1.165, 1.54) is 18.9 Å². The first-order chi connectivity index (χ1) is 7.75. The maximum atomic E-state index is 13.0. The third-order valence-electron chi connectivity index (χ3n) is 3.28. The van der Waals surface area contributed by atoms with E-state index < -0.39 is 0 Å². The van der Waals surface area contributed by atoms with E-state index in [9.17, 15) is 4.39 Å². The summed E-state index contributed by atoms with van der Waals surface area (Å²) < 4.78 is 13.0. The fourth-order valence-corrected chi connectivity index (χ4v) is 2.31. The van der Waals surface area contributed by atoms with Crippen LogP contribution in [0.1, 0.15) is 31.2 Å². The highest BCUT2D eigenvalue weighted by Gasteiger charge is 2.20. The van der Waals surface area contributed by atoms with E-state index in [-0.39, 0.29) is 11.9 Å². The molecule has 1 saturated carbocycles. The second-order valence-corrected chi connectivity index (χ2v) is 4.57. The topological polar surface area (TPSA) is 38.0 Å². The highest BCUT2D eigenvalue weighted by atomic mass is 19.1. The molecule has 16 heavy (non-hydrogen) atoms. The molecule has 2 rings (SSSR count). The van der Waals surface area contributed by atoms with Crippen LogP contribution in [0.3, 0.4) is 0 Å². The zero-order valence-electron chi connectivity index (χ0n) is 9.45. The molecule has 2 nitrogen and oxygen atoms in total. The molecule has 2 atom stereocenters. The van der Waals surface area contributed by atoms with E-state index >= 15 is 0 Å². The van der Waals surface area contributed by atoms with Gasteiger partial charge in [0.15, 0.2) is 0 Å². The van der Waals surface area contributed by atoms with Crippen LogP contribution in [0.5, 0.6) is 0 Å². The minimum absolute atomic E-state index is 0.174. The van der Waals surface area contributed by atoms with Crippen molar-refractivity contribution in [1.82, 2.24) is 5.32 Å². The van der Waals surface area contributed by atoms with Gasteiger partial charge in [-0.05, 0) is 30.5 Å². The second kappa shape index (κ2) is 5.41. The molecule has 0 spiro atoms. The quantitative estimate of drug-likeness (QED) is 0.822. The summed E-state index contributed by atoms with van der Waals surface area (Å²) in [6.45, 7) is 0.704. The molecule has 1 fully saturated rings. The van der Waals surface area contributed by atoms with Gasteiger partial charge >= 0.3 is 0 Å². The van der Waals surface area contributed by atoms with Crippen LogP contribution in [0.15, 0.2) is 24.3 Å². The molecule has 1 aliphatic rings. The lowest BCUT2D eigenvalue weighted by atomic mass is 9.91. The molecule has 0 radical (unpaired) electrons. The van der Waals surface area contributed by atoms with Gasteiger partial charge in [0, 0.05) is 18.6 Å². The van der Waals surface area contributed by atoms with Crippen LogP contribution in [0.4, 0.5) is 4.39 Å². The van der Waals surface area contributed by atoms with Crippen molar-refractivity contribution in [1.29, 1.82) is 0 Å². The van der Waals surface area contributed by atoms with E-state index in [1.54, 1.807) is 12.1 Å². The van der Waals surface area contributed by atoms with Crippen molar-refractivity contribution in [3.8, 4) is 0 Å². The van der Waals surface area contributed by atoms with Crippen LogP contribution in [0, 0.1) is 5.82 Å². The van der Waals surface area contributed by atoms with Gasteiger partial charge in [-0.3, -0.25) is 0 Å². The van der Waals surface area contributed by atoms with Crippen molar-refractivity contribution >= 4 is 0 Å².